The average Bonchev–Trinajstić information content (AvgIpc) is 2.25. The summed E-state index contributed by atoms with van der Waals surface area (Å²) in [4.78, 5) is 7.78. The highest BCUT2D eigenvalue weighted by Gasteiger charge is 2.00. The van der Waals surface area contributed by atoms with E-state index in [2.05, 4.69) is 25.9 Å². The molecule has 15 heavy (non-hydrogen) atoms. The number of ether oxygens (including phenoxy) is 3. The van der Waals surface area contributed by atoms with Gasteiger partial charge < -0.3 is 14.2 Å². The Balaban J connectivity index is 2.12. The largest absolute Gasteiger partial charge is 0.474 e. The number of hydrogen-bond donors (Lipinski definition) is 0. The SMILES string of the molecule is COCCOCCOc1ncncc1Br. The van der Waals surface area contributed by atoms with Crippen molar-refractivity contribution < 1.29 is 14.2 Å². The molecule has 0 saturated heterocycles. The highest BCUT2D eigenvalue weighted by atomic mass is 79.9. The molecular weight excluding hydrogens is 264 g/mol. The molecule has 0 unspecified atom stereocenters. The van der Waals surface area contributed by atoms with Crippen molar-refractivity contribution >= 4 is 15.9 Å². The maximum Gasteiger partial charge on any atom is 0.231 e. The number of nitrogens with zero attached hydrogens (tertiary/aromatic N) is 2. The fraction of sp³-hybridized carbons (Fsp3) is 0.556. The van der Waals surface area contributed by atoms with Crippen LogP contribution in [-0.2, 0) is 9.47 Å². The molecule has 1 aromatic rings. The van der Waals surface area contributed by atoms with E-state index in [4.69, 9.17) is 14.2 Å². The molecule has 0 aliphatic rings. The minimum absolute atomic E-state index is 0.458. The number of halogens is 1. The van der Waals surface area contributed by atoms with Crippen molar-refractivity contribution in [2.45, 2.75) is 0 Å². The lowest BCUT2D eigenvalue weighted by molar-refractivity contribution is 0.0535. The molecular formula is C9H13BrN2O3. The van der Waals surface area contributed by atoms with E-state index in [9.17, 15) is 0 Å². The maximum absolute atomic E-state index is 5.35. The summed E-state index contributed by atoms with van der Waals surface area (Å²) in [5, 5.41) is 0. The van der Waals surface area contributed by atoms with Gasteiger partial charge in [-0.1, -0.05) is 0 Å². The number of hydrogen-bond acceptors (Lipinski definition) is 5. The molecule has 0 fully saturated rings. The second kappa shape index (κ2) is 7.56. The van der Waals surface area contributed by atoms with Crippen LogP contribution in [0.15, 0.2) is 17.0 Å². The van der Waals surface area contributed by atoms with Crippen molar-refractivity contribution in [1.29, 1.82) is 0 Å². The summed E-state index contributed by atoms with van der Waals surface area (Å²) in [6.45, 7) is 2.14. The molecule has 0 radical (unpaired) electrons. The molecule has 1 aromatic heterocycles. The molecule has 0 N–H and O–H groups in total. The molecule has 0 saturated carbocycles. The first-order valence-corrected chi connectivity index (χ1v) is 5.29. The van der Waals surface area contributed by atoms with E-state index in [1.54, 1.807) is 13.3 Å². The Morgan fingerprint density at radius 1 is 1.27 bits per heavy atom. The summed E-state index contributed by atoms with van der Waals surface area (Å²) in [6, 6.07) is 0. The smallest absolute Gasteiger partial charge is 0.231 e. The van der Waals surface area contributed by atoms with E-state index in [-0.39, 0.29) is 0 Å². The molecule has 5 nitrogen and oxygen atoms in total. The van der Waals surface area contributed by atoms with Crippen LogP contribution in [-0.4, -0.2) is 43.5 Å². The highest BCUT2D eigenvalue weighted by molar-refractivity contribution is 9.10. The van der Waals surface area contributed by atoms with Crippen LogP contribution < -0.4 is 4.74 Å². The van der Waals surface area contributed by atoms with E-state index >= 15 is 0 Å². The van der Waals surface area contributed by atoms with E-state index in [0.29, 0.717) is 32.3 Å². The van der Waals surface area contributed by atoms with Gasteiger partial charge in [-0.05, 0) is 15.9 Å². The van der Waals surface area contributed by atoms with Crippen LogP contribution in [0.3, 0.4) is 0 Å². The highest BCUT2D eigenvalue weighted by Crippen LogP contribution is 2.19. The zero-order chi connectivity index (χ0) is 10.9. The molecule has 0 spiro atoms. The van der Waals surface area contributed by atoms with Gasteiger partial charge in [0, 0.05) is 13.3 Å². The Morgan fingerprint density at radius 3 is 2.80 bits per heavy atom. The first kappa shape index (κ1) is 12.4. The van der Waals surface area contributed by atoms with Crippen molar-refractivity contribution in [1.82, 2.24) is 9.97 Å². The fourth-order valence-corrected chi connectivity index (χ4v) is 1.18. The molecule has 0 aromatic carbocycles. The topological polar surface area (TPSA) is 53.5 Å². The zero-order valence-corrected chi connectivity index (χ0v) is 10.1. The van der Waals surface area contributed by atoms with Crippen LogP contribution in [0.4, 0.5) is 0 Å². The molecule has 0 atom stereocenters. The summed E-state index contributed by atoms with van der Waals surface area (Å²) in [6.07, 6.45) is 3.07. The van der Waals surface area contributed by atoms with Crippen molar-refractivity contribution in [2.24, 2.45) is 0 Å². The van der Waals surface area contributed by atoms with Gasteiger partial charge in [-0.25, -0.2) is 9.97 Å². The van der Waals surface area contributed by atoms with Gasteiger partial charge >= 0.3 is 0 Å². The van der Waals surface area contributed by atoms with Gasteiger partial charge in [0.15, 0.2) is 0 Å². The third-order valence-electron chi connectivity index (χ3n) is 1.53. The Kier molecular flexibility index (Phi) is 6.22. The third-order valence-corrected chi connectivity index (χ3v) is 2.08. The summed E-state index contributed by atoms with van der Waals surface area (Å²) in [7, 11) is 1.64. The molecule has 0 aliphatic heterocycles. The minimum Gasteiger partial charge on any atom is -0.474 e. The zero-order valence-electron chi connectivity index (χ0n) is 8.48. The lowest BCUT2D eigenvalue weighted by Gasteiger charge is -2.06. The normalized spacial score (nSPS) is 10.3. The molecule has 6 heteroatoms. The van der Waals surface area contributed by atoms with Crippen LogP contribution in [0.5, 0.6) is 5.88 Å². The van der Waals surface area contributed by atoms with Gasteiger partial charge in [-0.15, -0.1) is 0 Å². The third kappa shape index (κ3) is 5.06. The molecule has 0 aliphatic carbocycles. The molecule has 1 heterocycles. The Morgan fingerprint density at radius 2 is 2.07 bits per heavy atom. The Hall–Kier alpha value is -0.720. The van der Waals surface area contributed by atoms with E-state index in [1.807, 2.05) is 0 Å². The van der Waals surface area contributed by atoms with Gasteiger partial charge in [-0.2, -0.15) is 0 Å². The summed E-state index contributed by atoms with van der Waals surface area (Å²) in [5.41, 5.74) is 0. The van der Waals surface area contributed by atoms with Crippen molar-refractivity contribution in [3.05, 3.63) is 17.0 Å². The Labute approximate surface area is 96.9 Å². The number of methoxy groups -OCH3 is 1. The standard InChI is InChI=1S/C9H13BrN2O3/c1-13-2-3-14-4-5-15-9-8(10)6-11-7-12-9/h6-7H,2-5H2,1H3. The van der Waals surface area contributed by atoms with Crippen LogP contribution in [0.25, 0.3) is 0 Å². The van der Waals surface area contributed by atoms with Crippen LogP contribution >= 0.6 is 15.9 Å². The first-order chi connectivity index (χ1) is 7.34. The lowest BCUT2D eigenvalue weighted by atomic mass is 10.6. The van der Waals surface area contributed by atoms with E-state index < -0.39 is 0 Å². The Bertz CT molecular complexity index is 286. The predicted octanol–water partition coefficient (Wildman–Crippen LogP) is 1.28. The first-order valence-electron chi connectivity index (χ1n) is 4.49. The monoisotopic (exact) mass is 276 g/mol. The van der Waals surface area contributed by atoms with E-state index in [1.165, 1.54) is 6.33 Å². The minimum atomic E-state index is 0.458. The van der Waals surface area contributed by atoms with Crippen molar-refractivity contribution in [3.8, 4) is 5.88 Å². The van der Waals surface area contributed by atoms with Crippen LogP contribution in [0.2, 0.25) is 0 Å². The maximum atomic E-state index is 5.35. The van der Waals surface area contributed by atoms with Crippen molar-refractivity contribution in [3.63, 3.8) is 0 Å². The van der Waals surface area contributed by atoms with Crippen molar-refractivity contribution in [2.75, 3.05) is 33.5 Å². The average molecular weight is 277 g/mol. The second-order valence-electron chi connectivity index (χ2n) is 2.63. The predicted molar refractivity (Wildman–Crippen MR) is 57.9 cm³/mol. The van der Waals surface area contributed by atoms with Crippen LogP contribution in [0.1, 0.15) is 0 Å². The van der Waals surface area contributed by atoms with E-state index in [0.717, 1.165) is 4.47 Å². The summed E-state index contributed by atoms with van der Waals surface area (Å²) >= 11 is 3.28. The van der Waals surface area contributed by atoms with Gasteiger partial charge in [0.05, 0.1) is 24.3 Å². The van der Waals surface area contributed by atoms with Gasteiger partial charge in [0.1, 0.15) is 12.9 Å². The van der Waals surface area contributed by atoms with Gasteiger partial charge in [0.25, 0.3) is 0 Å². The second-order valence-corrected chi connectivity index (χ2v) is 3.48. The number of rotatable bonds is 7. The lowest BCUT2D eigenvalue weighted by Crippen LogP contribution is -2.10. The summed E-state index contributed by atoms with van der Waals surface area (Å²) < 4.78 is 16.1. The van der Waals surface area contributed by atoms with Gasteiger partial charge in [0.2, 0.25) is 5.88 Å². The quantitative estimate of drug-likeness (QED) is 0.703. The molecule has 0 bridgehead atoms. The summed E-state index contributed by atoms with van der Waals surface area (Å²) in [5.74, 6) is 0.528. The molecule has 1 rings (SSSR count). The number of aromatic nitrogens is 2. The van der Waals surface area contributed by atoms with Crippen LogP contribution in [0, 0.1) is 0 Å². The van der Waals surface area contributed by atoms with Gasteiger partial charge in [-0.3, -0.25) is 0 Å². The fourth-order valence-electron chi connectivity index (χ4n) is 0.849. The molecule has 0 amide bonds. The molecule has 84 valence electrons.